The predicted molar refractivity (Wildman–Crippen MR) is 154 cm³/mol. The smallest absolute Gasteiger partial charge is 0.244 e. The fraction of sp³-hybridized carbons (Fsp3) is 0.310. The molecule has 0 fully saturated rings. The van der Waals surface area contributed by atoms with Crippen LogP contribution >= 0.6 is 11.6 Å². The third kappa shape index (κ3) is 8.46. The number of nitrogens with zero attached hydrogens (tertiary/aromatic N) is 2. The minimum atomic E-state index is -3.89. The van der Waals surface area contributed by atoms with Crippen molar-refractivity contribution in [3.63, 3.8) is 0 Å². The zero-order valence-electron chi connectivity index (χ0n) is 22.5. The number of anilines is 1. The van der Waals surface area contributed by atoms with E-state index in [2.05, 4.69) is 5.32 Å². The summed E-state index contributed by atoms with van der Waals surface area (Å²) < 4.78 is 32.2. The molecule has 3 aromatic rings. The van der Waals surface area contributed by atoms with Crippen molar-refractivity contribution in [3.8, 4) is 5.75 Å². The van der Waals surface area contributed by atoms with E-state index in [1.165, 1.54) is 12.0 Å². The molecule has 1 atom stereocenters. The van der Waals surface area contributed by atoms with Crippen LogP contribution < -0.4 is 14.4 Å². The summed E-state index contributed by atoms with van der Waals surface area (Å²) in [5, 5.41) is 3.46. The molecule has 3 aromatic carbocycles. The van der Waals surface area contributed by atoms with Gasteiger partial charge in [0.25, 0.3) is 0 Å². The average Bonchev–Trinajstić information content (AvgIpc) is 2.89. The van der Waals surface area contributed by atoms with E-state index < -0.39 is 28.5 Å². The molecule has 3 rings (SSSR count). The third-order valence-corrected chi connectivity index (χ3v) is 7.38. The number of rotatable bonds is 12. The maximum absolute atomic E-state index is 14.0. The third-order valence-electron chi connectivity index (χ3n) is 6.00. The van der Waals surface area contributed by atoms with E-state index in [1.54, 1.807) is 48.5 Å². The fourth-order valence-electron chi connectivity index (χ4n) is 4.15. The molecule has 10 heteroatoms. The molecule has 1 unspecified atom stereocenters. The molecule has 0 bridgehead atoms. The van der Waals surface area contributed by atoms with Crippen molar-refractivity contribution in [2.75, 3.05) is 24.2 Å². The summed E-state index contributed by atoms with van der Waals surface area (Å²) in [5.74, 6) is -0.571. The molecule has 0 aliphatic carbocycles. The lowest BCUT2D eigenvalue weighted by molar-refractivity contribution is -0.140. The number of methoxy groups -OCH3 is 1. The number of amides is 2. The van der Waals surface area contributed by atoms with E-state index in [9.17, 15) is 18.0 Å². The Kier molecular flexibility index (Phi) is 10.4. The number of hydrogen-bond donors (Lipinski definition) is 1. The van der Waals surface area contributed by atoms with Gasteiger partial charge in [0.15, 0.2) is 0 Å². The van der Waals surface area contributed by atoms with Crippen molar-refractivity contribution in [2.24, 2.45) is 0 Å². The van der Waals surface area contributed by atoms with Crippen LogP contribution in [0.1, 0.15) is 25.0 Å². The minimum Gasteiger partial charge on any atom is -0.495 e. The second-order valence-corrected chi connectivity index (χ2v) is 11.8. The van der Waals surface area contributed by atoms with Crippen molar-refractivity contribution >= 4 is 39.1 Å². The van der Waals surface area contributed by atoms with Crippen LogP contribution in [0.5, 0.6) is 5.75 Å². The Labute approximate surface area is 235 Å². The lowest BCUT2D eigenvalue weighted by atomic mass is 10.0. The highest BCUT2D eigenvalue weighted by atomic mass is 35.5. The van der Waals surface area contributed by atoms with Crippen LogP contribution in [0, 0.1) is 0 Å². The van der Waals surface area contributed by atoms with Gasteiger partial charge in [-0.05, 0) is 49.2 Å². The fourth-order valence-corrected chi connectivity index (χ4v) is 5.13. The van der Waals surface area contributed by atoms with Crippen molar-refractivity contribution in [1.29, 1.82) is 0 Å². The van der Waals surface area contributed by atoms with Gasteiger partial charge in [-0.3, -0.25) is 13.9 Å². The quantitative estimate of drug-likeness (QED) is 0.350. The van der Waals surface area contributed by atoms with E-state index in [0.717, 1.165) is 21.7 Å². The molecule has 39 heavy (non-hydrogen) atoms. The number of carbonyl (C=O) groups excluding carboxylic acids is 2. The average molecular weight is 572 g/mol. The van der Waals surface area contributed by atoms with Crippen LogP contribution in [-0.2, 0) is 32.6 Å². The maximum Gasteiger partial charge on any atom is 0.244 e. The van der Waals surface area contributed by atoms with E-state index in [-0.39, 0.29) is 30.6 Å². The Morgan fingerprint density at radius 2 is 1.54 bits per heavy atom. The zero-order valence-corrected chi connectivity index (χ0v) is 24.1. The van der Waals surface area contributed by atoms with Gasteiger partial charge in [0.05, 0.1) is 19.1 Å². The van der Waals surface area contributed by atoms with Gasteiger partial charge in [0, 0.05) is 24.0 Å². The predicted octanol–water partition coefficient (Wildman–Crippen LogP) is 4.28. The highest BCUT2D eigenvalue weighted by molar-refractivity contribution is 7.92. The highest BCUT2D eigenvalue weighted by Gasteiger charge is 2.33. The van der Waals surface area contributed by atoms with Crippen molar-refractivity contribution in [1.82, 2.24) is 10.2 Å². The Morgan fingerprint density at radius 3 is 2.13 bits per heavy atom. The van der Waals surface area contributed by atoms with Crippen molar-refractivity contribution in [3.05, 3.63) is 95.0 Å². The van der Waals surface area contributed by atoms with Crippen LogP contribution in [0.3, 0.4) is 0 Å². The number of para-hydroxylation sites is 2. The van der Waals surface area contributed by atoms with Gasteiger partial charge in [0.1, 0.15) is 18.3 Å². The number of hydrogen-bond acceptors (Lipinski definition) is 5. The summed E-state index contributed by atoms with van der Waals surface area (Å²) in [6.07, 6.45) is 1.27. The maximum atomic E-state index is 14.0. The van der Waals surface area contributed by atoms with E-state index in [0.29, 0.717) is 10.8 Å². The summed E-state index contributed by atoms with van der Waals surface area (Å²) in [4.78, 5) is 29.0. The van der Waals surface area contributed by atoms with Gasteiger partial charge in [0.2, 0.25) is 21.8 Å². The van der Waals surface area contributed by atoms with Gasteiger partial charge in [-0.15, -0.1) is 0 Å². The first-order valence-electron chi connectivity index (χ1n) is 12.5. The summed E-state index contributed by atoms with van der Waals surface area (Å²) in [7, 11) is -2.46. The second kappa shape index (κ2) is 13.5. The standard InChI is InChI=1S/C29H34ClN3O5S/c1-21(2)31-29(35)26(18-22-10-6-5-7-11-22)32(19-23-14-16-24(30)17-15-23)28(34)20-33(39(4,36)37)25-12-8-9-13-27(25)38-3/h5-17,21,26H,18-20H2,1-4H3,(H,31,35). The van der Waals surface area contributed by atoms with Crippen LogP contribution in [0.25, 0.3) is 0 Å². The number of nitrogens with one attached hydrogen (secondary N) is 1. The lowest BCUT2D eigenvalue weighted by Crippen LogP contribution is -2.54. The molecule has 2 amide bonds. The second-order valence-electron chi connectivity index (χ2n) is 9.46. The van der Waals surface area contributed by atoms with Gasteiger partial charge >= 0.3 is 0 Å². The van der Waals surface area contributed by atoms with Crippen LogP contribution in [0.4, 0.5) is 5.69 Å². The molecule has 0 aromatic heterocycles. The Bertz CT molecular complexity index is 1370. The van der Waals surface area contributed by atoms with Gasteiger partial charge < -0.3 is 15.0 Å². The first-order chi connectivity index (χ1) is 18.5. The number of sulfonamides is 1. The molecule has 0 spiro atoms. The molecule has 8 nitrogen and oxygen atoms in total. The topological polar surface area (TPSA) is 96.0 Å². The molecule has 0 aliphatic heterocycles. The molecule has 0 heterocycles. The lowest BCUT2D eigenvalue weighted by Gasteiger charge is -2.34. The molecule has 0 radical (unpaired) electrons. The summed E-state index contributed by atoms with van der Waals surface area (Å²) in [6, 6.07) is 21.9. The molecule has 208 valence electrons. The zero-order chi connectivity index (χ0) is 28.6. The summed E-state index contributed by atoms with van der Waals surface area (Å²) in [6.45, 7) is 3.24. The first-order valence-corrected chi connectivity index (χ1v) is 14.7. The molecular formula is C29H34ClN3O5S. The Balaban J connectivity index is 2.07. The van der Waals surface area contributed by atoms with Crippen LogP contribution in [-0.4, -0.2) is 57.1 Å². The van der Waals surface area contributed by atoms with Gasteiger partial charge in [-0.25, -0.2) is 8.42 Å². The van der Waals surface area contributed by atoms with Crippen molar-refractivity contribution < 1.29 is 22.7 Å². The summed E-state index contributed by atoms with van der Waals surface area (Å²) >= 11 is 6.07. The molecular weight excluding hydrogens is 538 g/mol. The number of carbonyl (C=O) groups is 2. The Morgan fingerprint density at radius 1 is 0.923 bits per heavy atom. The van der Waals surface area contributed by atoms with Gasteiger partial charge in [-0.1, -0.05) is 66.2 Å². The number of halogens is 1. The normalized spacial score (nSPS) is 12.1. The molecule has 0 saturated carbocycles. The highest BCUT2D eigenvalue weighted by Crippen LogP contribution is 2.30. The monoisotopic (exact) mass is 571 g/mol. The van der Waals surface area contributed by atoms with E-state index in [4.69, 9.17) is 16.3 Å². The van der Waals surface area contributed by atoms with E-state index >= 15 is 0 Å². The van der Waals surface area contributed by atoms with Crippen molar-refractivity contribution in [2.45, 2.75) is 38.9 Å². The first kappa shape index (κ1) is 30.0. The van der Waals surface area contributed by atoms with Crippen LogP contribution in [0.2, 0.25) is 5.02 Å². The molecule has 0 saturated heterocycles. The van der Waals surface area contributed by atoms with Gasteiger partial charge in [-0.2, -0.15) is 0 Å². The Hall–Kier alpha value is -3.56. The largest absolute Gasteiger partial charge is 0.495 e. The van der Waals surface area contributed by atoms with Crippen LogP contribution in [0.15, 0.2) is 78.9 Å². The minimum absolute atomic E-state index is 0.0720. The number of benzene rings is 3. The molecule has 1 N–H and O–H groups in total. The van der Waals surface area contributed by atoms with E-state index in [1.807, 2.05) is 44.2 Å². The molecule has 0 aliphatic rings. The summed E-state index contributed by atoms with van der Waals surface area (Å²) in [5.41, 5.74) is 1.83. The number of ether oxygens (including phenoxy) is 1. The SMILES string of the molecule is COc1ccccc1N(CC(=O)N(Cc1ccc(Cl)cc1)C(Cc1ccccc1)C(=O)NC(C)C)S(C)(=O)=O.